The molecule has 0 aliphatic carbocycles. The lowest BCUT2D eigenvalue weighted by Crippen LogP contribution is -2.03. The Balaban J connectivity index is 1.94. The molecule has 0 fully saturated rings. The Bertz CT molecular complexity index is 708. The second kappa shape index (κ2) is 4.85. The van der Waals surface area contributed by atoms with E-state index in [1.165, 1.54) is 0 Å². The first-order valence-corrected chi connectivity index (χ1v) is 6.26. The number of aromatic amines is 1. The van der Waals surface area contributed by atoms with Crippen LogP contribution < -0.4 is 5.32 Å². The van der Waals surface area contributed by atoms with Gasteiger partial charge in [0, 0.05) is 25.1 Å². The molecule has 0 aromatic carbocycles. The topological polar surface area (TPSA) is 66.5 Å². The van der Waals surface area contributed by atoms with E-state index in [0.717, 1.165) is 28.0 Å². The van der Waals surface area contributed by atoms with Crippen molar-refractivity contribution in [2.45, 2.75) is 13.5 Å². The Labute approximate surface area is 115 Å². The molecule has 6 heteroatoms. The predicted octanol–water partition coefficient (Wildman–Crippen LogP) is 2.93. The molecule has 0 atom stereocenters. The molecule has 0 unspecified atom stereocenters. The molecule has 0 saturated heterocycles. The van der Waals surface area contributed by atoms with Crippen molar-refractivity contribution >= 4 is 28.5 Å². The second-order valence-corrected chi connectivity index (χ2v) is 4.58. The summed E-state index contributed by atoms with van der Waals surface area (Å²) in [7, 11) is 0. The number of hydrogen-bond donors (Lipinski definition) is 2. The van der Waals surface area contributed by atoms with Gasteiger partial charge >= 0.3 is 0 Å². The number of fused-ring (bicyclic) bond motifs is 1. The van der Waals surface area contributed by atoms with E-state index in [1.807, 2.05) is 25.3 Å². The van der Waals surface area contributed by atoms with Crippen LogP contribution in [0.3, 0.4) is 0 Å². The smallest absolute Gasteiger partial charge is 0.226 e. The number of H-pyrrole nitrogens is 1. The van der Waals surface area contributed by atoms with Gasteiger partial charge in [0.25, 0.3) is 0 Å². The van der Waals surface area contributed by atoms with Crippen LogP contribution in [0.15, 0.2) is 30.7 Å². The van der Waals surface area contributed by atoms with Gasteiger partial charge in [-0.2, -0.15) is 4.98 Å². The van der Waals surface area contributed by atoms with Crippen LogP contribution in [0.2, 0.25) is 5.28 Å². The fraction of sp³-hybridized carbons (Fsp3) is 0.154. The monoisotopic (exact) mass is 273 g/mol. The lowest BCUT2D eigenvalue weighted by Gasteiger charge is -2.07. The van der Waals surface area contributed by atoms with E-state index in [4.69, 9.17) is 11.6 Å². The number of nitrogens with zero attached hydrogens (tertiary/aromatic N) is 3. The number of aromatic nitrogens is 4. The normalized spacial score (nSPS) is 10.8. The van der Waals surface area contributed by atoms with E-state index >= 15 is 0 Å². The van der Waals surface area contributed by atoms with Gasteiger partial charge in [0.1, 0.15) is 11.5 Å². The quantitative estimate of drug-likeness (QED) is 0.720. The van der Waals surface area contributed by atoms with Gasteiger partial charge in [-0.25, -0.2) is 4.98 Å². The lowest BCUT2D eigenvalue weighted by atomic mass is 10.2. The average Bonchev–Trinajstić information content (AvgIpc) is 2.79. The van der Waals surface area contributed by atoms with Crippen LogP contribution in [0.5, 0.6) is 0 Å². The summed E-state index contributed by atoms with van der Waals surface area (Å²) in [5, 5.41) is 4.49. The van der Waals surface area contributed by atoms with E-state index in [-0.39, 0.29) is 5.28 Å². The number of hydrogen-bond acceptors (Lipinski definition) is 4. The Morgan fingerprint density at radius 3 is 2.84 bits per heavy atom. The number of pyridine rings is 1. The summed E-state index contributed by atoms with van der Waals surface area (Å²) >= 11 is 5.92. The molecule has 0 bridgehead atoms. The highest BCUT2D eigenvalue weighted by atomic mass is 35.5. The molecule has 3 aromatic rings. The third-order valence-electron chi connectivity index (χ3n) is 2.91. The first-order valence-electron chi connectivity index (χ1n) is 5.88. The van der Waals surface area contributed by atoms with Crippen molar-refractivity contribution in [1.82, 2.24) is 19.9 Å². The fourth-order valence-corrected chi connectivity index (χ4v) is 2.14. The molecule has 5 nitrogen and oxygen atoms in total. The molecule has 3 rings (SSSR count). The molecule has 0 radical (unpaired) electrons. The van der Waals surface area contributed by atoms with Gasteiger partial charge in [0.05, 0.1) is 5.39 Å². The predicted molar refractivity (Wildman–Crippen MR) is 75.2 cm³/mol. The molecule has 96 valence electrons. The molecular formula is C13H12ClN5. The zero-order valence-corrected chi connectivity index (χ0v) is 11.1. The van der Waals surface area contributed by atoms with Crippen molar-refractivity contribution in [1.29, 1.82) is 0 Å². The van der Waals surface area contributed by atoms with Crippen molar-refractivity contribution < 1.29 is 0 Å². The number of halogens is 1. The Morgan fingerprint density at radius 2 is 2.05 bits per heavy atom. The van der Waals surface area contributed by atoms with E-state index in [2.05, 4.69) is 25.3 Å². The Kier molecular flexibility index (Phi) is 3.05. The van der Waals surface area contributed by atoms with Crippen LogP contribution in [0, 0.1) is 6.92 Å². The minimum Gasteiger partial charge on any atom is -0.365 e. The summed E-state index contributed by atoms with van der Waals surface area (Å²) in [4.78, 5) is 15.5. The van der Waals surface area contributed by atoms with Crippen LogP contribution in [-0.2, 0) is 6.54 Å². The fourth-order valence-electron chi connectivity index (χ4n) is 1.97. The summed E-state index contributed by atoms with van der Waals surface area (Å²) in [6, 6.07) is 3.91. The lowest BCUT2D eigenvalue weighted by molar-refractivity contribution is 1.09. The maximum absolute atomic E-state index is 5.92. The summed E-state index contributed by atoms with van der Waals surface area (Å²) in [6.07, 6.45) is 5.43. The maximum Gasteiger partial charge on any atom is 0.226 e. The van der Waals surface area contributed by atoms with Gasteiger partial charge in [-0.1, -0.05) is 0 Å². The van der Waals surface area contributed by atoms with Crippen molar-refractivity contribution in [2.24, 2.45) is 0 Å². The van der Waals surface area contributed by atoms with Crippen LogP contribution in [0.25, 0.3) is 11.0 Å². The van der Waals surface area contributed by atoms with Crippen LogP contribution in [0.1, 0.15) is 11.1 Å². The first kappa shape index (κ1) is 11.9. The molecule has 0 spiro atoms. The summed E-state index contributed by atoms with van der Waals surface area (Å²) in [5.74, 6) is 0.741. The molecular weight excluding hydrogens is 262 g/mol. The van der Waals surface area contributed by atoms with Crippen molar-refractivity contribution in [3.8, 4) is 0 Å². The first-order chi connectivity index (χ1) is 9.24. The SMILES string of the molecule is Cc1c[nH]c2nc(Cl)nc(NCc3ccncc3)c12. The number of anilines is 1. The molecule has 19 heavy (non-hydrogen) atoms. The molecule has 2 N–H and O–H groups in total. The highest BCUT2D eigenvalue weighted by Crippen LogP contribution is 2.25. The van der Waals surface area contributed by atoms with Gasteiger partial charge < -0.3 is 10.3 Å². The molecule has 0 aliphatic rings. The van der Waals surface area contributed by atoms with Crippen molar-refractivity contribution in [3.05, 3.63) is 47.1 Å². The minimum atomic E-state index is 0.228. The van der Waals surface area contributed by atoms with Gasteiger partial charge in [-0.05, 0) is 41.8 Å². The molecule has 0 amide bonds. The van der Waals surface area contributed by atoms with Crippen LogP contribution in [0.4, 0.5) is 5.82 Å². The summed E-state index contributed by atoms with van der Waals surface area (Å²) in [6.45, 7) is 2.67. The Hall–Kier alpha value is -2.14. The van der Waals surface area contributed by atoms with Crippen LogP contribution in [-0.4, -0.2) is 19.9 Å². The Morgan fingerprint density at radius 1 is 1.26 bits per heavy atom. The highest BCUT2D eigenvalue weighted by molar-refractivity contribution is 6.28. The van der Waals surface area contributed by atoms with Gasteiger partial charge in [-0.3, -0.25) is 4.98 Å². The molecule has 0 aliphatic heterocycles. The van der Waals surface area contributed by atoms with Crippen molar-refractivity contribution in [3.63, 3.8) is 0 Å². The number of aryl methyl sites for hydroxylation is 1. The zero-order valence-electron chi connectivity index (χ0n) is 10.3. The minimum absolute atomic E-state index is 0.228. The third-order valence-corrected chi connectivity index (χ3v) is 3.08. The largest absolute Gasteiger partial charge is 0.365 e. The van der Waals surface area contributed by atoms with Gasteiger partial charge in [0.2, 0.25) is 5.28 Å². The molecule has 0 saturated carbocycles. The van der Waals surface area contributed by atoms with Crippen molar-refractivity contribution in [2.75, 3.05) is 5.32 Å². The zero-order chi connectivity index (χ0) is 13.2. The van der Waals surface area contributed by atoms with Gasteiger partial charge in [-0.15, -0.1) is 0 Å². The average molecular weight is 274 g/mol. The number of nitrogens with one attached hydrogen (secondary N) is 2. The summed E-state index contributed by atoms with van der Waals surface area (Å²) in [5.41, 5.74) is 2.96. The standard InChI is InChI=1S/C13H12ClN5/c1-8-6-16-11-10(8)12(19-13(14)18-11)17-7-9-2-4-15-5-3-9/h2-6H,7H2,1H3,(H2,16,17,18,19). The van der Waals surface area contributed by atoms with Crippen LogP contribution >= 0.6 is 11.6 Å². The van der Waals surface area contributed by atoms with E-state index < -0.39 is 0 Å². The highest BCUT2D eigenvalue weighted by Gasteiger charge is 2.10. The summed E-state index contributed by atoms with van der Waals surface area (Å²) < 4.78 is 0. The molecule has 3 aromatic heterocycles. The molecule has 3 heterocycles. The van der Waals surface area contributed by atoms with E-state index in [0.29, 0.717) is 6.54 Å². The van der Waals surface area contributed by atoms with E-state index in [1.54, 1.807) is 12.4 Å². The second-order valence-electron chi connectivity index (χ2n) is 4.25. The maximum atomic E-state index is 5.92. The van der Waals surface area contributed by atoms with E-state index in [9.17, 15) is 0 Å². The third kappa shape index (κ3) is 2.37. The number of rotatable bonds is 3. The van der Waals surface area contributed by atoms with Gasteiger partial charge in [0.15, 0.2) is 0 Å².